The van der Waals surface area contributed by atoms with Gasteiger partial charge in [-0.05, 0) is 0 Å². The average Bonchev–Trinajstić information content (AvgIpc) is 1.21. The minimum atomic E-state index is -1.00. The zero-order chi connectivity index (χ0) is 6.78. The first kappa shape index (κ1) is 12.4. The van der Waals surface area contributed by atoms with E-state index in [1.165, 1.54) is 0 Å². The van der Waals surface area contributed by atoms with Crippen LogP contribution in [0.5, 0.6) is 0 Å². The third kappa shape index (κ3) is 12.0. The molecule has 0 rings (SSSR count). The van der Waals surface area contributed by atoms with Crippen LogP contribution >= 0.6 is 0 Å². The van der Waals surface area contributed by atoms with Gasteiger partial charge in [-0.25, -0.2) is 0 Å². The molecule has 0 saturated carbocycles. The molecule has 0 saturated heterocycles. The Morgan fingerprint density at radius 3 is 1.78 bits per heavy atom. The summed E-state index contributed by atoms with van der Waals surface area (Å²) < 4.78 is 0.419. The Hall–Kier alpha value is 0.690. The first-order chi connectivity index (χ1) is 3.42. The van der Waals surface area contributed by atoms with Gasteiger partial charge >= 0.3 is 37.7 Å². The molecule has 3 nitrogen and oxygen atoms in total. The van der Waals surface area contributed by atoms with Gasteiger partial charge in [-0.2, -0.15) is 0 Å². The normalized spacial score (nSPS) is 10.1. The quantitative estimate of drug-likeness (QED) is 0.331. The Morgan fingerprint density at radius 1 is 1.44 bits per heavy atom. The van der Waals surface area contributed by atoms with Gasteiger partial charge in [-0.1, -0.05) is 0 Å². The van der Waals surface area contributed by atoms with Crippen molar-refractivity contribution in [1.29, 1.82) is 0 Å². The summed E-state index contributed by atoms with van der Waals surface area (Å²) in [5.41, 5.74) is 0. The molecule has 9 heavy (non-hydrogen) atoms. The molecular weight excluding hydrogens is 146 g/mol. The molecule has 0 aliphatic heterocycles. The standard InChI is InChI=1S/C5H11NO2.Ca.2H/c1-6(2,3)4-5(7)8;;;/h4H2,1-3H3;;;. The van der Waals surface area contributed by atoms with Crippen molar-refractivity contribution >= 4 is 43.7 Å². The number of hydrogen-bond acceptors (Lipinski definition) is 2. The van der Waals surface area contributed by atoms with Crippen LogP contribution < -0.4 is 5.11 Å². The first-order valence-electron chi connectivity index (χ1n) is 2.42. The van der Waals surface area contributed by atoms with Crippen LogP contribution in [-0.4, -0.2) is 75.9 Å². The molecule has 0 atom stereocenters. The van der Waals surface area contributed by atoms with Crippen molar-refractivity contribution in [1.82, 2.24) is 0 Å². The number of quaternary nitrogens is 1. The summed E-state index contributed by atoms with van der Waals surface area (Å²) in [5, 5.41) is 9.89. The number of nitrogens with zero attached hydrogens (tertiary/aromatic N) is 1. The Kier molecular flexibility index (Phi) is 6.18. The Morgan fingerprint density at radius 2 is 1.78 bits per heavy atom. The van der Waals surface area contributed by atoms with Gasteiger partial charge in [0.05, 0.1) is 27.1 Å². The Labute approximate surface area is 85.2 Å². The Bertz CT molecular complexity index is 97.6. The van der Waals surface area contributed by atoms with Crippen LogP contribution in [0, 0.1) is 0 Å². The molecule has 0 heterocycles. The number of carboxylic acids is 1. The second-order valence-electron chi connectivity index (χ2n) is 2.82. The molecule has 0 fully saturated rings. The number of carbonyl (C=O) groups excluding carboxylic acids is 1. The SMILES string of the molecule is C[N+](C)(C)CC(=O)[O-].[CaH2]. The monoisotopic (exact) mass is 159 g/mol. The van der Waals surface area contributed by atoms with Crippen LogP contribution in [0.3, 0.4) is 0 Å². The number of likely N-dealkylation sites (N-methyl/N-ethyl adjacent to an activating group) is 1. The van der Waals surface area contributed by atoms with Gasteiger partial charge in [0.25, 0.3) is 0 Å². The summed E-state index contributed by atoms with van der Waals surface area (Å²) in [4.78, 5) is 9.89. The molecule has 0 aromatic rings. The van der Waals surface area contributed by atoms with Crippen molar-refractivity contribution in [3.8, 4) is 0 Å². The minimum absolute atomic E-state index is 0. The number of hydrogen-bond donors (Lipinski definition) is 0. The van der Waals surface area contributed by atoms with E-state index in [0.717, 1.165) is 0 Å². The molecule has 0 unspecified atom stereocenters. The van der Waals surface area contributed by atoms with Crippen molar-refractivity contribution in [3.05, 3.63) is 0 Å². The number of carbonyl (C=O) groups is 1. The molecule has 0 aliphatic carbocycles. The fraction of sp³-hybridized carbons (Fsp3) is 0.800. The van der Waals surface area contributed by atoms with Crippen LogP contribution in [0.15, 0.2) is 0 Å². The van der Waals surface area contributed by atoms with Crippen LogP contribution in [0.25, 0.3) is 0 Å². The summed E-state index contributed by atoms with van der Waals surface area (Å²) >= 11 is 0. The molecular formula is C5H13CaNO2. The molecule has 52 valence electrons. The molecule has 0 bridgehead atoms. The maximum atomic E-state index is 9.89. The van der Waals surface area contributed by atoms with Crippen molar-refractivity contribution in [2.45, 2.75) is 0 Å². The predicted molar refractivity (Wildman–Crippen MR) is 36.5 cm³/mol. The van der Waals surface area contributed by atoms with Crippen LogP contribution in [0.1, 0.15) is 0 Å². The second-order valence-corrected chi connectivity index (χ2v) is 2.82. The van der Waals surface area contributed by atoms with Gasteiger partial charge in [-0.3, -0.25) is 0 Å². The summed E-state index contributed by atoms with van der Waals surface area (Å²) in [6.45, 7) is 0.0694. The Balaban J connectivity index is 0. The van der Waals surface area contributed by atoms with Gasteiger partial charge in [0.2, 0.25) is 0 Å². The second kappa shape index (κ2) is 4.50. The summed E-state index contributed by atoms with van der Waals surface area (Å²) in [5.74, 6) is -1.00. The van der Waals surface area contributed by atoms with E-state index in [1.54, 1.807) is 21.1 Å². The maximum absolute atomic E-state index is 9.89. The van der Waals surface area contributed by atoms with E-state index >= 15 is 0 Å². The molecule has 0 aromatic heterocycles. The van der Waals surface area contributed by atoms with Gasteiger partial charge in [0.1, 0.15) is 6.54 Å². The molecule has 0 aliphatic rings. The topological polar surface area (TPSA) is 40.1 Å². The third-order valence-electron chi connectivity index (χ3n) is 0.603. The number of rotatable bonds is 2. The summed E-state index contributed by atoms with van der Waals surface area (Å²) in [7, 11) is 5.40. The number of carboxylic acid groups (broad SMARTS) is 1. The van der Waals surface area contributed by atoms with E-state index in [-0.39, 0.29) is 44.3 Å². The molecule has 0 aromatic carbocycles. The predicted octanol–water partition coefficient (Wildman–Crippen LogP) is -2.47. The van der Waals surface area contributed by atoms with E-state index < -0.39 is 5.97 Å². The van der Waals surface area contributed by atoms with E-state index in [9.17, 15) is 9.90 Å². The van der Waals surface area contributed by atoms with Crippen LogP contribution in [0.2, 0.25) is 0 Å². The van der Waals surface area contributed by atoms with E-state index in [0.29, 0.717) is 4.48 Å². The summed E-state index contributed by atoms with van der Waals surface area (Å²) in [6.07, 6.45) is 0. The van der Waals surface area contributed by atoms with E-state index in [1.807, 2.05) is 0 Å². The summed E-state index contributed by atoms with van der Waals surface area (Å²) in [6, 6.07) is 0. The van der Waals surface area contributed by atoms with E-state index in [2.05, 4.69) is 0 Å². The molecule has 4 heteroatoms. The average molecular weight is 159 g/mol. The fourth-order valence-corrected chi connectivity index (χ4v) is 0.387. The molecule has 0 spiro atoms. The zero-order valence-corrected chi connectivity index (χ0v) is 5.47. The van der Waals surface area contributed by atoms with Crippen LogP contribution in [-0.2, 0) is 4.79 Å². The van der Waals surface area contributed by atoms with Gasteiger partial charge < -0.3 is 14.4 Å². The van der Waals surface area contributed by atoms with Crippen molar-refractivity contribution < 1.29 is 14.4 Å². The van der Waals surface area contributed by atoms with E-state index in [4.69, 9.17) is 0 Å². The van der Waals surface area contributed by atoms with Crippen molar-refractivity contribution in [2.75, 3.05) is 27.7 Å². The van der Waals surface area contributed by atoms with Crippen LogP contribution in [0.4, 0.5) is 0 Å². The fourth-order valence-electron chi connectivity index (χ4n) is 0.387. The first-order valence-corrected chi connectivity index (χ1v) is 2.42. The van der Waals surface area contributed by atoms with Crippen molar-refractivity contribution in [3.63, 3.8) is 0 Å². The van der Waals surface area contributed by atoms with Gasteiger partial charge in [0, 0.05) is 0 Å². The third-order valence-corrected chi connectivity index (χ3v) is 0.603. The number of aliphatic carboxylic acids is 1. The molecule has 0 radical (unpaired) electrons. The molecule has 0 amide bonds. The van der Waals surface area contributed by atoms with Gasteiger partial charge in [0.15, 0.2) is 0 Å². The zero-order valence-electron chi connectivity index (χ0n) is 5.47. The van der Waals surface area contributed by atoms with Gasteiger partial charge in [-0.15, -0.1) is 0 Å². The van der Waals surface area contributed by atoms with Crippen molar-refractivity contribution in [2.24, 2.45) is 0 Å². The molecule has 0 N–H and O–H groups in total.